The average molecular weight is 264 g/mol. The first-order chi connectivity index (χ1) is 8.61. The molecule has 3 nitrogen and oxygen atoms in total. The average Bonchev–Trinajstić information content (AvgIpc) is 2.37. The summed E-state index contributed by atoms with van der Waals surface area (Å²) in [6.07, 6.45) is 0. The molecule has 0 aliphatic carbocycles. The van der Waals surface area contributed by atoms with E-state index >= 15 is 0 Å². The number of carbonyl (C=O) groups excluding carboxylic acids is 1. The van der Waals surface area contributed by atoms with Crippen molar-refractivity contribution in [2.75, 3.05) is 6.61 Å². The van der Waals surface area contributed by atoms with E-state index in [2.05, 4.69) is 4.98 Å². The molecule has 1 aromatic heterocycles. The summed E-state index contributed by atoms with van der Waals surface area (Å²) in [5, 5.41) is 0.198. The quantitative estimate of drug-likeness (QED) is 0.629. The van der Waals surface area contributed by atoms with Crippen molar-refractivity contribution in [3.05, 3.63) is 41.6 Å². The summed E-state index contributed by atoms with van der Waals surface area (Å²) in [6, 6.07) is 9.45. The SMILES string of the molecule is CCOC(=O)C(Cl)c1ccc2nc(C)ccc2c1. The molecule has 0 spiro atoms. The first-order valence-corrected chi connectivity index (χ1v) is 6.23. The zero-order valence-electron chi connectivity index (χ0n) is 10.3. The van der Waals surface area contributed by atoms with Crippen LogP contribution in [0.15, 0.2) is 30.3 Å². The van der Waals surface area contributed by atoms with Gasteiger partial charge in [-0.25, -0.2) is 0 Å². The molecule has 0 amide bonds. The van der Waals surface area contributed by atoms with Gasteiger partial charge in [-0.3, -0.25) is 9.78 Å². The van der Waals surface area contributed by atoms with Crippen molar-refractivity contribution in [2.24, 2.45) is 0 Å². The Labute approximate surface area is 111 Å². The first kappa shape index (κ1) is 12.8. The van der Waals surface area contributed by atoms with Gasteiger partial charge in [-0.1, -0.05) is 12.1 Å². The third-order valence-electron chi connectivity index (χ3n) is 2.64. The predicted molar refractivity (Wildman–Crippen MR) is 71.7 cm³/mol. The molecule has 4 heteroatoms. The first-order valence-electron chi connectivity index (χ1n) is 5.80. The van der Waals surface area contributed by atoms with Crippen LogP contribution in [0.3, 0.4) is 0 Å². The number of rotatable bonds is 3. The number of pyridine rings is 1. The lowest BCUT2D eigenvalue weighted by atomic mass is 10.1. The number of aryl methyl sites for hydroxylation is 1. The Morgan fingerprint density at radius 2 is 2.17 bits per heavy atom. The molecule has 0 aliphatic heterocycles. The number of aromatic nitrogens is 1. The van der Waals surface area contributed by atoms with Crippen LogP contribution < -0.4 is 0 Å². The molecule has 1 heterocycles. The summed E-state index contributed by atoms with van der Waals surface area (Å²) >= 11 is 6.07. The van der Waals surface area contributed by atoms with Crippen LogP contribution in [0.2, 0.25) is 0 Å². The van der Waals surface area contributed by atoms with Crippen LogP contribution in [-0.2, 0) is 9.53 Å². The van der Waals surface area contributed by atoms with E-state index in [-0.39, 0.29) is 0 Å². The largest absolute Gasteiger partial charge is 0.465 e. The number of esters is 1. The Bertz CT molecular complexity index is 583. The van der Waals surface area contributed by atoms with Gasteiger partial charge in [0.25, 0.3) is 0 Å². The summed E-state index contributed by atoms with van der Waals surface area (Å²) < 4.78 is 4.90. The van der Waals surface area contributed by atoms with E-state index in [0.717, 1.165) is 22.2 Å². The van der Waals surface area contributed by atoms with Crippen LogP contribution >= 0.6 is 11.6 Å². The fraction of sp³-hybridized carbons (Fsp3) is 0.286. The molecule has 0 fully saturated rings. The summed E-state index contributed by atoms with van der Waals surface area (Å²) in [5.74, 6) is -0.418. The Balaban J connectivity index is 2.35. The molecule has 1 unspecified atom stereocenters. The van der Waals surface area contributed by atoms with Crippen LogP contribution in [-0.4, -0.2) is 17.6 Å². The molecule has 18 heavy (non-hydrogen) atoms. The van der Waals surface area contributed by atoms with E-state index < -0.39 is 11.3 Å². The maximum absolute atomic E-state index is 11.6. The van der Waals surface area contributed by atoms with Crippen molar-refractivity contribution in [1.29, 1.82) is 0 Å². The van der Waals surface area contributed by atoms with E-state index in [1.165, 1.54) is 0 Å². The van der Waals surface area contributed by atoms with E-state index in [1.807, 2.05) is 37.3 Å². The summed E-state index contributed by atoms with van der Waals surface area (Å²) in [4.78, 5) is 16.0. The molecule has 94 valence electrons. The standard InChI is InChI=1S/C14H14ClNO2/c1-3-18-14(17)13(15)11-6-7-12-10(8-11)5-4-9(2)16-12/h4-8,13H,3H2,1-2H3. The normalized spacial score (nSPS) is 12.4. The molecule has 0 saturated carbocycles. The number of halogens is 1. The molecule has 0 saturated heterocycles. The summed E-state index contributed by atoms with van der Waals surface area (Å²) in [7, 11) is 0. The number of alkyl halides is 1. The second-order valence-corrected chi connectivity index (χ2v) is 4.46. The number of hydrogen-bond donors (Lipinski definition) is 0. The molecular weight excluding hydrogens is 250 g/mol. The molecule has 2 aromatic rings. The van der Waals surface area contributed by atoms with Crippen LogP contribution in [0.1, 0.15) is 23.6 Å². The van der Waals surface area contributed by atoms with Crippen molar-refractivity contribution in [3.63, 3.8) is 0 Å². The van der Waals surface area contributed by atoms with Gasteiger partial charge in [-0.2, -0.15) is 0 Å². The monoisotopic (exact) mass is 263 g/mol. The maximum Gasteiger partial charge on any atom is 0.328 e. The lowest BCUT2D eigenvalue weighted by Crippen LogP contribution is -2.11. The fourth-order valence-electron chi connectivity index (χ4n) is 1.76. The molecule has 0 N–H and O–H groups in total. The van der Waals surface area contributed by atoms with Crippen molar-refractivity contribution in [1.82, 2.24) is 4.98 Å². The molecule has 2 rings (SSSR count). The lowest BCUT2D eigenvalue weighted by molar-refractivity contribution is -0.142. The summed E-state index contributed by atoms with van der Waals surface area (Å²) in [5.41, 5.74) is 2.59. The molecule has 0 radical (unpaired) electrons. The number of benzene rings is 1. The Kier molecular flexibility index (Phi) is 3.82. The maximum atomic E-state index is 11.6. The molecule has 0 bridgehead atoms. The Hall–Kier alpha value is -1.61. The highest BCUT2D eigenvalue weighted by Gasteiger charge is 2.19. The van der Waals surface area contributed by atoms with Gasteiger partial charge in [0.2, 0.25) is 0 Å². The van der Waals surface area contributed by atoms with Gasteiger partial charge in [0.1, 0.15) is 0 Å². The number of fused-ring (bicyclic) bond motifs is 1. The van der Waals surface area contributed by atoms with Crippen molar-refractivity contribution < 1.29 is 9.53 Å². The minimum Gasteiger partial charge on any atom is -0.465 e. The van der Waals surface area contributed by atoms with Crippen LogP contribution in [0.25, 0.3) is 10.9 Å². The second kappa shape index (κ2) is 5.36. The van der Waals surface area contributed by atoms with Crippen LogP contribution in [0.5, 0.6) is 0 Å². The topological polar surface area (TPSA) is 39.2 Å². The van der Waals surface area contributed by atoms with E-state index in [9.17, 15) is 4.79 Å². The minimum absolute atomic E-state index is 0.330. The molecular formula is C14H14ClNO2. The third kappa shape index (κ3) is 2.62. The van der Waals surface area contributed by atoms with E-state index in [4.69, 9.17) is 16.3 Å². The smallest absolute Gasteiger partial charge is 0.328 e. The highest BCUT2D eigenvalue weighted by atomic mass is 35.5. The molecule has 1 aromatic carbocycles. The fourth-order valence-corrected chi connectivity index (χ4v) is 1.95. The van der Waals surface area contributed by atoms with Crippen LogP contribution in [0, 0.1) is 6.92 Å². The van der Waals surface area contributed by atoms with Crippen molar-refractivity contribution in [3.8, 4) is 0 Å². The lowest BCUT2D eigenvalue weighted by Gasteiger charge is -2.09. The molecule has 0 aliphatic rings. The van der Waals surface area contributed by atoms with Gasteiger partial charge in [0, 0.05) is 11.1 Å². The number of hydrogen-bond acceptors (Lipinski definition) is 3. The number of ether oxygens (including phenoxy) is 1. The molecule has 1 atom stereocenters. The Morgan fingerprint density at radius 1 is 1.39 bits per heavy atom. The van der Waals surface area contributed by atoms with Gasteiger partial charge >= 0.3 is 5.97 Å². The van der Waals surface area contributed by atoms with Gasteiger partial charge in [0.15, 0.2) is 5.38 Å². The highest BCUT2D eigenvalue weighted by molar-refractivity contribution is 6.30. The van der Waals surface area contributed by atoms with Gasteiger partial charge in [-0.05, 0) is 37.6 Å². The second-order valence-electron chi connectivity index (χ2n) is 4.02. The predicted octanol–water partition coefficient (Wildman–Crippen LogP) is 3.39. The Morgan fingerprint density at radius 3 is 2.89 bits per heavy atom. The third-order valence-corrected chi connectivity index (χ3v) is 3.07. The zero-order chi connectivity index (χ0) is 13.1. The van der Waals surface area contributed by atoms with Gasteiger partial charge in [0.05, 0.1) is 12.1 Å². The number of carbonyl (C=O) groups is 1. The number of nitrogens with zero attached hydrogens (tertiary/aromatic N) is 1. The highest BCUT2D eigenvalue weighted by Crippen LogP contribution is 2.25. The van der Waals surface area contributed by atoms with Crippen molar-refractivity contribution >= 4 is 28.5 Å². The van der Waals surface area contributed by atoms with Crippen LogP contribution in [0.4, 0.5) is 0 Å². The minimum atomic E-state index is -0.768. The van der Waals surface area contributed by atoms with Gasteiger partial charge < -0.3 is 4.74 Å². The summed E-state index contributed by atoms with van der Waals surface area (Å²) in [6.45, 7) is 4.03. The van der Waals surface area contributed by atoms with Gasteiger partial charge in [-0.15, -0.1) is 11.6 Å². The van der Waals surface area contributed by atoms with Crippen molar-refractivity contribution in [2.45, 2.75) is 19.2 Å². The van der Waals surface area contributed by atoms with E-state index in [0.29, 0.717) is 6.61 Å². The zero-order valence-corrected chi connectivity index (χ0v) is 11.1. The van der Waals surface area contributed by atoms with E-state index in [1.54, 1.807) is 6.92 Å².